The number of pyridine rings is 1. The molecule has 3 aromatic heterocycles. The molecule has 1 atom stereocenters. The zero-order valence-electron chi connectivity index (χ0n) is 16.0. The third-order valence-electron chi connectivity index (χ3n) is 4.73. The number of hydrogen-bond acceptors (Lipinski definition) is 6. The molecule has 0 amide bonds. The molecule has 3 heterocycles. The number of aromatic nitrogens is 5. The highest BCUT2D eigenvalue weighted by molar-refractivity contribution is 5.76. The van der Waals surface area contributed by atoms with Gasteiger partial charge in [-0.05, 0) is 29.3 Å². The molecule has 1 unspecified atom stereocenters. The Kier molecular flexibility index (Phi) is 4.90. The van der Waals surface area contributed by atoms with Crippen LogP contribution in [0.3, 0.4) is 0 Å². The largest absolute Gasteiger partial charge is 0.383 e. The Labute approximate surface area is 167 Å². The van der Waals surface area contributed by atoms with E-state index in [1.54, 1.807) is 41.6 Å². The van der Waals surface area contributed by atoms with Gasteiger partial charge in [-0.15, -0.1) is 0 Å². The monoisotopic (exact) mass is 389 g/mol. The molecule has 0 aliphatic rings. The van der Waals surface area contributed by atoms with Crippen molar-refractivity contribution in [2.75, 3.05) is 11.1 Å². The number of hydrogen-bond donors (Lipinski definition) is 2. The minimum atomic E-state index is -0.275. The van der Waals surface area contributed by atoms with E-state index in [1.165, 1.54) is 12.1 Å². The van der Waals surface area contributed by atoms with E-state index in [-0.39, 0.29) is 11.7 Å². The van der Waals surface area contributed by atoms with Crippen molar-refractivity contribution >= 4 is 17.5 Å². The highest BCUT2D eigenvalue weighted by atomic mass is 19.1. The number of nitrogens with two attached hydrogens (primary N) is 1. The van der Waals surface area contributed by atoms with Gasteiger partial charge in [-0.3, -0.25) is 9.67 Å². The summed E-state index contributed by atoms with van der Waals surface area (Å²) in [5.74, 6) is 1.13. The molecule has 0 aliphatic heterocycles. The second-order valence-corrected chi connectivity index (χ2v) is 6.75. The molecule has 1 aromatic carbocycles. The molecule has 8 heteroatoms. The topological polar surface area (TPSA) is 94.5 Å². The Morgan fingerprint density at radius 2 is 1.90 bits per heavy atom. The highest BCUT2D eigenvalue weighted by Gasteiger charge is 2.21. The molecule has 0 spiro atoms. The number of nitrogen functional groups attached to an aromatic ring is 1. The van der Waals surface area contributed by atoms with Crippen molar-refractivity contribution in [3.8, 4) is 11.1 Å². The molecule has 4 rings (SSSR count). The van der Waals surface area contributed by atoms with Crippen molar-refractivity contribution in [3.63, 3.8) is 0 Å². The molecule has 29 heavy (non-hydrogen) atoms. The van der Waals surface area contributed by atoms with Gasteiger partial charge >= 0.3 is 0 Å². The summed E-state index contributed by atoms with van der Waals surface area (Å²) in [4.78, 5) is 12.8. The van der Waals surface area contributed by atoms with E-state index in [9.17, 15) is 4.39 Å². The first-order valence-electron chi connectivity index (χ1n) is 9.09. The maximum atomic E-state index is 13.4. The Morgan fingerprint density at radius 3 is 2.55 bits per heavy atom. The third kappa shape index (κ3) is 3.91. The van der Waals surface area contributed by atoms with E-state index in [0.717, 1.165) is 22.3 Å². The number of nitrogens with one attached hydrogen (secondary N) is 1. The normalized spacial score (nSPS) is 12.0. The minimum absolute atomic E-state index is 0.0936. The van der Waals surface area contributed by atoms with Crippen LogP contribution in [0, 0.1) is 5.82 Å². The number of aryl methyl sites for hydroxylation is 1. The summed E-state index contributed by atoms with van der Waals surface area (Å²) >= 11 is 0. The lowest BCUT2D eigenvalue weighted by atomic mass is 9.88. The molecular weight excluding hydrogens is 369 g/mol. The Bertz CT molecular complexity index is 1120. The summed E-state index contributed by atoms with van der Waals surface area (Å²) in [6, 6.07) is 8.33. The van der Waals surface area contributed by atoms with Crippen LogP contribution in [-0.2, 0) is 7.05 Å². The molecule has 0 saturated carbocycles. The van der Waals surface area contributed by atoms with Crippen LogP contribution in [-0.4, -0.2) is 24.7 Å². The molecule has 0 bridgehead atoms. The fourth-order valence-corrected chi connectivity index (χ4v) is 3.31. The van der Waals surface area contributed by atoms with Crippen LogP contribution in [0.4, 0.5) is 21.8 Å². The number of nitrogens with zero attached hydrogens (tertiary/aromatic N) is 5. The lowest BCUT2D eigenvalue weighted by Crippen LogP contribution is -2.08. The van der Waals surface area contributed by atoms with Gasteiger partial charge < -0.3 is 11.1 Å². The maximum Gasteiger partial charge on any atom is 0.150 e. The second kappa shape index (κ2) is 7.67. The quantitative estimate of drug-likeness (QED) is 0.538. The summed E-state index contributed by atoms with van der Waals surface area (Å²) in [6.45, 7) is 2.02. The predicted molar refractivity (Wildman–Crippen MR) is 110 cm³/mol. The molecule has 0 fully saturated rings. The molecule has 7 nitrogen and oxygen atoms in total. The van der Waals surface area contributed by atoms with Crippen molar-refractivity contribution in [1.82, 2.24) is 24.7 Å². The predicted octanol–water partition coefficient (Wildman–Crippen LogP) is 3.89. The van der Waals surface area contributed by atoms with Gasteiger partial charge in [0.15, 0.2) is 0 Å². The standard InChI is InChI=1S/C21H20FN7/c1-13(14-3-5-16(22)6-4-14)20-17(15-10-26-29(2)12-15)9-18(28-21(20)23)27-19-11-24-7-8-25-19/h3-13H,1-2H3,(H3,23,25,27,28). The second-order valence-electron chi connectivity index (χ2n) is 6.75. The molecular formula is C21H20FN7. The van der Waals surface area contributed by atoms with Crippen LogP contribution in [0.25, 0.3) is 11.1 Å². The number of rotatable bonds is 5. The van der Waals surface area contributed by atoms with E-state index >= 15 is 0 Å². The summed E-state index contributed by atoms with van der Waals surface area (Å²) < 4.78 is 15.1. The summed E-state index contributed by atoms with van der Waals surface area (Å²) in [7, 11) is 1.86. The van der Waals surface area contributed by atoms with Crippen molar-refractivity contribution in [2.45, 2.75) is 12.8 Å². The van der Waals surface area contributed by atoms with Gasteiger partial charge in [-0.25, -0.2) is 14.4 Å². The Morgan fingerprint density at radius 1 is 1.10 bits per heavy atom. The SMILES string of the molecule is CC(c1ccc(F)cc1)c1c(-c2cnn(C)c2)cc(Nc2cnccn2)nc1N. The van der Waals surface area contributed by atoms with E-state index in [1.807, 2.05) is 26.2 Å². The highest BCUT2D eigenvalue weighted by Crippen LogP contribution is 2.38. The van der Waals surface area contributed by atoms with Gasteiger partial charge in [-0.1, -0.05) is 19.1 Å². The van der Waals surface area contributed by atoms with Gasteiger partial charge in [0.05, 0.1) is 12.4 Å². The fraction of sp³-hybridized carbons (Fsp3) is 0.143. The summed E-state index contributed by atoms with van der Waals surface area (Å²) in [5.41, 5.74) is 10.0. The zero-order valence-corrected chi connectivity index (χ0v) is 16.0. The fourth-order valence-electron chi connectivity index (χ4n) is 3.31. The molecule has 3 N–H and O–H groups in total. The minimum Gasteiger partial charge on any atom is -0.383 e. The molecule has 0 aliphatic carbocycles. The van der Waals surface area contributed by atoms with E-state index in [4.69, 9.17) is 5.73 Å². The molecule has 0 radical (unpaired) electrons. The average Bonchev–Trinajstić information content (AvgIpc) is 3.15. The first-order chi connectivity index (χ1) is 14.0. The Balaban J connectivity index is 1.82. The van der Waals surface area contributed by atoms with E-state index < -0.39 is 0 Å². The van der Waals surface area contributed by atoms with Crippen molar-refractivity contribution < 1.29 is 4.39 Å². The van der Waals surface area contributed by atoms with Crippen LogP contribution < -0.4 is 11.1 Å². The average molecular weight is 389 g/mol. The number of anilines is 3. The van der Waals surface area contributed by atoms with Crippen molar-refractivity contribution in [1.29, 1.82) is 0 Å². The van der Waals surface area contributed by atoms with Crippen LogP contribution in [0.5, 0.6) is 0 Å². The molecule has 0 saturated heterocycles. The van der Waals surface area contributed by atoms with E-state index in [2.05, 4.69) is 25.4 Å². The molecule has 4 aromatic rings. The lowest BCUT2D eigenvalue weighted by molar-refractivity contribution is 0.626. The van der Waals surface area contributed by atoms with Crippen LogP contribution in [0.15, 0.2) is 61.3 Å². The van der Waals surface area contributed by atoms with E-state index in [0.29, 0.717) is 17.5 Å². The number of benzene rings is 1. The third-order valence-corrected chi connectivity index (χ3v) is 4.73. The van der Waals surface area contributed by atoms with Crippen molar-refractivity contribution in [3.05, 3.63) is 78.3 Å². The lowest BCUT2D eigenvalue weighted by Gasteiger charge is -2.20. The smallest absolute Gasteiger partial charge is 0.150 e. The van der Waals surface area contributed by atoms with Gasteiger partial charge in [0.2, 0.25) is 0 Å². The summed E-state index contributed by atoms with van der Waals surface area (Å²) in [6.07, 6.45) is 8.50. The van der Waals surface area contributed by atoms with Crippen LogP contribution >= 0.6 is 0 Å². The molecule has 146 valence electrons. The maximum absolute atomic E-state index is 13.4. The number of halogens is 1. The van der Waals surface area contributed by atoms with Gasteiger partial charge in [0.25, 0.3) is 0 Å². The van der Waals surface area contributed by atoms with Crippen LogP contribution in [0.1, 0.15) is 24.0 Å². The Hall–Kier alpha value is -3.81. The summed E-state index contributed by atoms with van der Waals surface area (Å²) in [5, 5.41) is 7.42. The zero-order chi connectivity index (χ0) is 20.4. The van der Waals surface area contributed by atoms with Crippen molar-refractivity contribution in [2.24, 2.45) is 7.05 Å². The first kappa shape index (κ1) is 18.5. The van der Waals surface area contributed by atoms with Gasteiger partial charge in [0.1, 0.15) is 23.3 Å². The van der Waals surface area contributed by atoms with Gasteiger partial charge in [-0.2, -0.15) is 5.10 Å². The van der Waals surface area contributed by atoms with Gasteiger partial charge in [0, 0.05) is 42.7 Å². The first-order valence-corrected chi connectivity index (χ1v) is 9.09. The van der Waals surface area contributed by atoms with Crippen LogP contribution in [0.2, 0.25) is 0 Å².